The minimum absolute atomic E-state index is 0.232. The monoisotopic (exact) mass is 391 g/mol. The lowest BCUT2D eigenvalue weighted by Gasteiger charge is -2.24. The van der Waals surface area contributed by atoms with Crippen LogP contribution in [0.15, 0.2) is 30.3 Å². The number of ether oxygens (including phenoxy) is 2. The average Bonchev–Trinajstić information content (AvgIpc) is 3.01. The lowest BCUT2D eigenvalue weighted by Crippen LogP contribution is -2.37. The highest BCUT2D eigenvalue weighted by Gasteiger charge is 2.38. The van der Waals surface area contributed by atoms with Crippen LogP contribution in [0.4, 0.5) is 0 Å². The molecule has 0 amide bonds. The number of rotatable bonds is 5. The zero-order chi connectivity index (χ0) is 18.1. The van der Waals surface area contributed by atoms with Crippen molar-refractivity contribution in [2.45, 2.75) is 38.2 Å². The molecule has 0 radical (unpaired) electrons. The van der Waals surface area contributed by atoms with Gasteiger partial charge in [0.1, 0.15) is 6.10 Å². The van der Waals surface area contributed by atoms with Crippen LogP contribution in [0, 0.1) is 0 Å². The Morgan fingerprint density at radius 2 is 2.12 bits per heavy atom. The van der Waals surface area contributed by atoms with Crippen molar-refractivity contribution in [2.24, 2.45) is 0 Å². The van der Waals surface area contributed by atoms with E-state index >= 15 is 0 Å². The van der Waals surface area contributed by atoms with Crippen molar-refractivity contribution in [3.8, 4) is 22.6 Å². The molecule has 4 rings (SSSR count). The molecular formula is C21H23Cl2NO2. The van der Waals surface area contributed by atoms with Gasteiger partial charge in [0, 0.05) is 33.6 Å². The van der Waals surface area contributed by atoms with Gasteiger partial charge in [0.05, 0.1) is 6.61 Å². The third-order valence-corrected chi connectivity index (χ3v) is 5.72. The molecule has 2 aliphatic heterocycles. The molecular weight excluding hydrogens is 369 g/mol. The molecule has 2 atom stereocenters. The van der Waals surface area contributed by atoms with E-state index in [1.807, 2.05) is 18.2 Å². The van der Waals surface area contributed by atoms with Gasteiger partial charge < -0.3 is 14.8 Å². The predicted octanol–water partition coefficient (Wildman–Crippen LogP) is 5.68. The van der Waals surface area contributed by atoms with Crippen molar-refractivity contribution in [2.75, 3.05) is 19.7 Å². The number of fused-ring (bicyclic) bond motifs is 3. The fourth-order valence-electron chi connectivity index (χ4n) is 3.78. The molecule has 2 aliphatic rings. The fourth-order valence-corrected chi connectivity index (χ4v) is 4.29. The van der Waals surface area contributed by atoms with Crippen LogP contribution in [0.3, 0.4) is 0 Å². The summed E-state index contributed by atoms with van der Waals surface area (Å²) in [5.74, 6) is 2.10. The molecule has 1 saturated heterocycles. The van der Waals surface area contributed by atoms with Gasteiger partial charge in [-0.15, -0.1) is 0 Å². The zero-order valence-electron chi connectivity index (χ0n) is 14.9. The maximum Gasteiger partial charge on any atom is 0.165 e. The molecule has 26 heavy (non-hydrogen) atoms. The third-order valence-electron chi connectivity index (χ3n) is 5.17. The van der Waals surface area contributed by atoms with E-state index in [2.05, 4.69) is 18.3 Å². The van der Waals surface area contributed by atoms with Gasteiger partial charge in [0.2, 0.25) is 0 Å². The van der Waals surface area contributed by atoms with Crippen LogP contribution in [-0.2, 0) is 0 Å². The molecule has 0 spiro atoms. The van der Waals surface area contributed by atoms with Crippen LogP contribution in [-0.4, -0.2) is 25.8 Å². The van der Waals surface area contributed by atoms with Gasteiger partial charge in [-0.1, -0.05) is 42.6 Å². The Hall–Kier alpha value is -1.42. The van der Waals surface area contributed by atoms with Crippen LogP contribution < -0.4 is 14.8 Å². The summed E-state index contributed by atoms with van der Waals surface area (Å²) in [5.41, 5.74) is 3.23. The van der Waals surface area contributed by atoms with E-state index in [4.69, 9.17) is 32.7 Å². The van der Waals surface area contributed by atoms with Crippen LogP contribution in [0.1, 0.15) is 37.7 Å². The molecule has 2 aromatic rings. The Kier molecular flexibility index (Phi) is 5.30. The Labute approximate surface area is 164 Å². The van der Waals surface area contributed by atoms with Gasteiger partial charge in [-0.2, -0.15) is 0 Å². The van der Waals surface area contributed by atoms with E-state index < -0.39 is 0 Å². The van der Waals surface area contributed by atoms with E-state index in [-0.39, 0.29) is 6.10 Å². The molecule has 5 heteroatoms. The molecule has 0 unspecified atom stereocenters. The molecule has 0 saturated carbocycles. The average molecular weight is 392 g/mol. The first kappa shape index (κ1) is 18.0. The Morgan fingerprint density at radius 3 is 2.92 bits per heavy atom. The number of halogens is 2. The van der Waals surface area contributed by atoms with Gasteiger partial charge in [0.15, 0.2) is 11.5 Å². The molecule has 0 bridgehead atoms. The van der Waals surface area contributed by atoms with Gasteiger partial charge in [-0.3, -0.25) is 0 Å². The Bertz CT molecular complexity index is 809. The molecule has 2 heterocycles. The molecule has 0 aliphatic carbocycles. The fraction of sp³-hybridized carbons (Fsp3) is 0.429. The van der Waals surface area contributed by atoms with Gasteiger partial charge >= 0.3 is 0 Å². The minimum atomic E-state index is 0.232. The molecule has 1 fully saturated rings. The third kappa shape index (κ3) is 3.40. The number of benzene rings is 2. The second kappa shape index (κ2) is 7.67. The highest BCUT2D eigenvalue weighted by Crippen LogP contribution is 2.49. The number of piperidine rings is 1. The first-order chi connectivity index (χ1) is 12.7. The van der Waals surface area contributed by atoms with Crippen molar-refractivity contribution in [1.29, 1.82) is 0 Å². The van der Waals surface area contributed by atoms with E-state index in [0.717, 1.165) is 55.0 Å². The first-order valence-corrected chi connectivity index (χ1v) is 10.1. The number of unbranched alkanes of at least 4 members (excludes halogenated alkanes) is 1. The molecule has 0 aromatic heterocycles. The first-order valence-electron chi connectivity index (χ1n) is 9.31. The summed E-state index contributed by atoms with van der Waals surface area (Å²) < 4.78 is 12.4. The zero-order valence-corrected chi connectivity index (χ0v) is 16.4. The number of nitrogens with one attached hydrogen (secondary N) is 1. The highest BCUT2D eigenvalue weighted by molar-refractivity contribution is 6.36. The Balaban J connectivity index is 1.77. The molecule has 3 nitrogen and oxygen atoms in total. The van der Waals surface area contributed by atoms with E-state index in [9.17, 15) is 0 Å². The van der Waals surface area contributed by atoms with Crippen LogP contribution in [0.2, 0.25) is 10.0 Å². The van der Waals surface area contributed by atoms with Crippen molar-refractivity contribution < 1.29 is 9.47 Å². The van der Waals surface area contributed by atoms with Crippen molar-refractivity contribution in [3.05, 3.63) is 45.9 Å². The standard InChI is InChI=1S/C21H23Cl2NO2/c1-2-3-8-25-20-10-13(15-5-4-14(22)11-18(15)23)9-16-17-12-24-7-6-19(17)26-21(16)20/h4-5,9-11,17,19,24H,2-3,6-8,12H2,1H3/t17-,19-/m0/s1. The Morgan fingerprint density at radius 1 is 1.23 bits per heavy atom. The quantitative estimate of drug-likeness (QED) is 0.665. The second-order valence-corrected chi connectivity index (χ2v) is 7.82. The SMILES string of the molecule is CCCCOc1cc(-c2ccc(Cl)cc2Cl)cc2c1O[C@H]1CCNC[C@@H]21. The van der Waals surface area contributed by atoms with Crippen LogP contribution >= 0.6 is 23.2 Å². The molecule has 1 N–H and O–H groups in total. The van der Waals surface area contributed by atoms with Crippen molar-refractivity contribution in [3.63, 3.8) is 0 Å². The lowest BCUT2D eigenvalue weighted by atomic mass is 9.89. The summed E-state index contributed by atoms with van der Waals surface area (Å²) >= 11 is 12.5. The van der Waals surface area contributed by atoms with Crippen LogP contribution in [0.5, 0.6) is 11.5 Å². The van der Waals surface area contributed by atoms with Crippen molar-refractivity contribution in [1.82, 2.24) is 5.32 Å². The lowest BCUT2D eigenvalue weighted by molar-refractivity contribution is 0.165. The van der Waals surface area contributed by atoms with Crippen LogP contribution in [0.25, 0.3) is 11.1 Å². The molecule has 2 aromatic carbocycles. The summed E-state index contributed by atoms with van der Waals surface area (Å²) in [7, 11) is 0. The summed E-state index contributed by atoms with van der Waals surface area (Å²) in [6, 6.07) is 9.87. The highest BCUT2D eigenvalue weighted by atomic mass is 35.5. The van der Waals surface area contributed by atoms with E-state index in [1.54, 1.807) is 6.07 Å². The summed E-state index contributed by atoms with van der Waals surface area (Å²) in [6.07, 6.45) is 3.37. The van der Waals surface area contributed by atoms with E-state index in [1.165, 1.54) is 5.56 Å². The normalized spacial score (nSPS) is 21.0. The summed E-state index contributed by atoms with van der Waals surface area (Å²) in [4.78, 5) is 0. The predicted molar refractivity (Wildman–Crippen MR) is 107 cm³/mol. The number of hydrogen-bond acceptors (Lipinski definition) is 3. The van der Waals surface area contributed by atoms with Gasteiger partial charge in [-0.05, 0) is 49.2 Å². The smallest absolute Gasteiger partial charge is 0.165 e. The maximum absolute atomic E-state index is 6.46. The number of hydrogen-bond donors (Lipinski definition) is 1. The van der Waals surface area contributed by atoms with Gasteiger partial charge in [-0.25, -0.2) is 0 Å². The second-order valence-electron chi connectivity index (χ2n) is 6.97. The minimum Gasteiger partial charge on any atom is -0.490 e. The van der Waals surface area contributed by atoms with Gasteiger partial charge in [0.25, 0.3) is 0 Å². The van der Waals surface area contributed by atoms with E-state index in [0.29, 0.717) is 22.6 Å². The topological polar surface area (TPSA) is 30.5 Å². The largest absolute Gasteiger partial charge is 0.490 e. The van der Waals surface area contributed by atoms with Crippen molar-refractivity contribution >= 4 is 23.2 Å². The molecule has 138 valence electrons. The summed E-state index contributed by atoms with van der Waals surface area (Å²) in [6.45, 7) is 4.78. The maximum atomic E-state index is 6.46. The summed E-state index contributed by atoms with van der Waals surface area (Å²) in [5, 5.41) is 4.77.